The van der Waals surface area contributed by atoms with Crippen LogP contribution in [0.3, 0.4) is 0 Å². The molecule has 1 heterocycles. The van der Waals surface area contributed by atoms with Gasteiger partial charge in [-0.2, -0.15) is 0 Å². The second-order valence-corrected chi connectivity index (χ2v) is 7.55. The molecule has 0 spiro atoms. The third-order valence-electron chi connectivity index (χ3n) is 2.58. The monoisotopic (exact) mass is 341 g/mol. The van der Waals surface area contributed by atoms with Crippen LogP contribution in [-0.2, 0) is 10.0 Å². The molecule has 0 unspecified atom stereocenters. The Bertz CT molecular complexity index is 780. The summed E-state index contributed by atoms with van der Waals surface area (Å²) < 4.78 is 32.6. The van der Waals surface area contributed by atoms with Crippen LogP contribution in [0.1, 0.15) is 24.2 Å². The Morgan fingerprint density at radius 1 is 1.32 bits per heavy atom. The second-order valence-electron chi connectivity index (χ2n) is 4.73. The summed E-state index contributed by atoms with van der Waals surface area (Å²) in [5.41, 5.74) is 0.249. The van der Waals surface area contributed by atoms with Gasteiger partial charge in [0.1, 0.15) is 9.96 Å². The third-order valence-corrected chi connectivity index (χ3v) is 5.39. The number of carboxylic acid groups (broad SMARTS) is 1. The van der Waals surface area contributed by atoms with E-state index in [1.54, 1.807) is 24.3 Å². The van der Waals surface area contributed by atoms with Crippen molar-refractivity contribution in [3.63, 3.8) is 0 Å². The SMILES string of the molecule is CC(C)Oc1ccccc1NS(=O)(=O)c1cc(C(=O)O)cs1. The molecule has 118 valence electrons. The first-order valence-corrected chi connectivity index (χ1v) is 8.76. The zero-order valence-corrected chi connectivity index (χ0v) is 13.6. The number of aromatic carboxylic acids is 1. The predicted octanol–water partition coefficient (Wildman–Crippen LogP) is 3.03. The van der Waals surface area contributed by atoms with Gasteiger partial charge >= 0.3 is 5.97 Å². The van der Waals surface area contributed by atoms with Crippen molar-refractivity contribution in [1.29, 1.82) is 0 Å². The van der Waals surface area contributed by atoms with E-state index in [4.69, 9.17) is 9.84 Å². The lowest BCUT2D eigenvalue weighted by atomic mass is 10.3. The number of hydrogen-bond acceptors (Lipinski definition) is 5. The van der Waals surface area contributed by atoms with Crippen molar-refractivity contribution in [3.05, 3.63) is 41.3 Å². The molecule has 0 bridgehead atoms. The van der Waals surface area contributed by atoms with Gasteiger partial charge in [0.15, 0.2) is 0 Å². The lowest BCUT2D eigenvalue weighted by Crippen LogP contribution is -2.14. The molecule has 2 rings (SSSR count). The fourth-order valence-corrected chi connectivity index (χ4v) is 3.90. The second kappa shape index (κ2) is 6.37. The molecule has 0 saturated heterocycles. The minimum Gasteiger partial charge on any atom is -0.489 e. The summed E-state index contributed by atoms with van der Waals surface area (Å²) in [6, 6.07) is 7.79. The molecule has 0 atom stereocenters. The van der Waals surface area contributed by atoms with E-state index in [-0.39, 0.29) is 15.9 Å². The summed E-state index contributed by atoms with van der Waals surface area (Å²) in [4.78, 5) is 10.8. The maximum Gasteiger partial charge on any atom is 0.336 e. The molecule has 0 aliphatic heterocycles. The Balaban J connectivity index is 2.30. The summed E-state index contributed by atoms with van der Waals surface area (Å²) in [6.45, 7) is 3.67. The van der Waals surface area contributed by atoms with Crippen molar-refractivity contribution in [2.24, 2.45) is 0 Å². The van der Waals surface area contributed by atoms with Crippen molar-refractivity contribution in [3.8, 4) is 5.75 Å². The molecule has 1 aromatic carbocycles. The summed E-state index contributed by atoms with van der Waals surface area (Å²) in [5, 5.41) is 10.2. The number of para-hydroxylation sites is 2. The lowest BCUT2D eigenvalue weighted by molar-refractivity contribution is 0.0697. The van der Waals surface area contributed by atoms with Crippen LogP contribution >= 0.6 is 11.3 Å². The number of carboxylic acids is 1. The number of anilines is 1. The number of rotatable bonds is 6. The number of carbonyl (C=O) groups is 1. The van der Waals surface area contributed by atoms with E-state index < -0.39 is 16.0 Å². The summed E-state index contributed by atoms with van der Waals surface area (Å²) >= 11 is 0.852. The van der Waals surface area contributed by atoms with Crippen LogP contribution in [0.4, 0.5) is 5.69 Å². The molecule has 0 saturated carbocycles. The maximum absolute atomic E-state index is 12.3. The van der Waals surface area contributed by atoms with E-state index in [0.717, 1.165) is 17.4 Å². The van der Waals surface area contributed by atoms with Gasteiger partial charge < -0.3 is 9.84 Å². The van der Waals surface area contributed by atoms with Crippen LogP contribution in [-0.4, -0.2) is 25.6 Å². The van der Waals surface area contributed by atoms with E-state index in [9.17, 15) is 13.2 Å². The standard InChI is InChI=1S/C14H15NO5S2/c1-9(2)20-12-6-4-3-5-11(12)15-22(18,19)13-7-10(8-21-13)14(16)17/h3-9,15H,1-2H3,(H,16,17). The first kappa shape index (κ1) is 16.3. The zero-order chi connectivity index (χ0) is 16.3. The Kier molecular flexibility index (Phi) is 4.72. The van der Waals surface area contributed by atoms with Crippen molar-refractivity contribution < 1.29 is 23.1 Å². The van der Waals surface area contributed by atoms with Crippen LogP contribution in [0.2, 0.25) is 0 Å². The number of sulfonamides is 1. The van der Waals surface area contributed by atoms with E-state index in [1.165, 1.54) is 5.38 Å². The topological polar surface area (TPSA) is 92.7 Å². The average Bonchev–Trinajstić information content (AvgIpc) is 2.91. The van der Waals surface area contributed by atoms with Crippen LogP contribution in [0.5, 0.6) is 5.75 Å². The van der Waals surface area contributed by atoms with Gasteiger partial charge in [-0.25, -0.2) is 13.2 Å². The first-order chi connectivity index (χ1) is 10.3. The normalized spacial score (nSPS) is 11.4. The predicted molar refractivity (Wildman–Crippen MR) is 84.3 cm³/mol. The molecule has 8 heteroatoms. The Morgan fingerprint density at radius 3 is 2.59 bits per heavy atom. The number of ether oxygens (including phenoxy) is 1. The molecule has 0 aliphatic carbocycles. The fraction of sp³-hybridized carbons (Fsp3) is 0.214. The number of thiophene rings is 1. The number of nitrogens with one attached hydrogen (secondary N) is 1. The highest BCUT2D eigenvalue weighted by molar-refractivity contribution is 7.94. The fourth-order valence-electron chi connectivity index (χ4n) is 1.67. The Labute approximate surface area is 132 Å². The van der Waals surface area contributed by atoms with Crippen molar-refractivity contribution in [2.75, 3.05) is 4.72 Å². The van der Waals surface area contributed by atoms with Crippen LogP contribution in [0.25, 0.3) is 0 Å². The molecule has 1 aromatic heterocycles. The van der Waals surface area contributed by atoms with Gasteiger partial charge in [-0.1, -0.05) is 12.1 Å². The highest BCUT2D eigenvalue weighted by atomic mass is 32.2. The molecule has 22 heavy (non-hydrogen) atoms. The number of hydrogen-bond donors (Lipinski definition) is 2. The van der Waals surface area contributed by atoms with Crippen LogP contribution in [0, 0.1) is 0 Å². The Hall–Kier alpha value is -2.06. The summed E-state index contributed by atoms with van der Waals surface area (Å²) in [5.74, 6) is -0.752. The smallest absolute Gasteiger partial charge is 0.336 e. The molecule has 2 aromatic rings. The average molecular weight is 341 g/mol. The van der Waals surface area contributed by atoms with Gasteiger partial charge in [-0.15, -0.1) is 11.3 Å². The third kappa shape index (κ3) is 3.77. The van der Waals surface area contributed by atoms with Crippen molar-refractivity contribution in [1.82, 2.24) is 0 Å². The zero-order valence-electron chi connectivity index (χ0n) is 11.9. The van der Waals surface area contributed by atoms with Gasteiger partial charge in [0, 0.05) is 5.38 Å². The highest BCUT2D eigenvalue weighted by Gasteiger charge is 2.20. The lowest BCUT2D eigenvalue weighted by Gasteiger charge is -2.15. The minimum atomic E-state index is -3.86. The molecule has 0 aliphatic rings. The van der Waals surface area contributed by atoms with E-state index in [2.05, 4.69) is 4.72 Å². The molecule has 2 N–H and O–H groups in total. The molecule has 6 nitrogen and oxygen atoms in total. The molecular formula is C14H15NO5S2. The van der Waals surface area contributed by atoms with E-state index in [0.29, 0.717) is 11.4 Å². The van der Waals surface area contributed by atoms with E-state index >= 15 is 0 Å². The van der Waals surface area contributed by atoms with Crippen LogP contribution < -0.4 is 9.46 Å². The molecule has 0 amide bonds. The van der Waals surface area contributed by atoms with Crippen LogP contribution in [0.15, 0.2) is 39.9 Å². The maximum atomic E-state index is 12.3. The van der Waals surface area contributed by atoms with E-state index in [1.807, 2.05) is 13.8 Å². The molecular weight excluding hydrogens is 326 g/mol. The van der Waals surface area contributed by atoms with Gasteiger partial charge in [0.25, 0.3) is 10.0 Å². The van der Waals surface area contributed by atoms with Gasteiger partial charge in [0.05, 0.1) is 17.4 Å². The van der Waals surface area contributed by atoms with Gasteiger partial charge in [-0.3, -0.25) is 4.72 Å². The highest BCUT2D eigenvalue weighted by Crippen LogP contribution is 2.29. The summed E-state index contributed by atoms with van der Waals surface area (Å²) in [7, 11) is -3.86. The molecule has 0 radical (unpaired) electrons. The van der Waals surface area contributed by atoms with Crippen molar-refractivity contribution >= 4 is 33.0 Å². The van der Waals surface area contributed by atoms with Crippen molar-refractivity contribution in [2.45, 2.75) is 24.2 Å². The minimum absolute atomic E-state index is 0.0582. The quantitative estimate of drug-likeness (QED) is 0.842. The summed E-state index contributed by atoms with van der Waals surface area (Å²) in [6.07, 6.45) is -0.106. The van der Waals surface area contributed by atoms with Gasteiger partial charge in [-0.05, 0) is 32.0 Å². The Morgan fingerprint density at radius 2 is 2.00 bits per heavy atom. The largest absolute Gasteiger partial charge is 0.489 e. The first-order valence-electron chi connectivity index (χ1n) is 6.40. The number of benzene rings is 1. The van der Waals surface area contributed by atoms with Gasteiger partial charge in [0.2, 0.25) is 0 Å². The molecule has 0 fully saturated rings.